The Kier molecular flexibility index (Phi) is 3.92. The topological polar surface area (TPSA) is 40.5 Å². The van der Waals surface area contributed by atoms with Crippen molar-refractivity contribution >= 4 is 17.7 Å². The summed E-state index contributed by atoms with van der Waals surface area (Å²) in [4.78, 5) is 12.5. The maximum absolute atomic E-state index is 10.4. The van der Waals surface area contributed by atoms with Gasteiger partial charge in [-0.25, -0.2) is 4.79 Å². The predicted molar refractivity (Wildman–Crippen MR) is 62.1 cm³/mol. The van der Waals surface area contributed by atoms with Crippen molar-refractivity contribution in [3.8, 4) is 0 Å². The van der Waals surface area contributed by atoms with Gasteiger partial charge in [-0.05, 0) is 24.6 Å². The van der Waals surface area contributed by atoms with E-state index in [2.05, 4.69) is 11.8 Å². The molecule has 80 valence electrons. The standard InChI is InChI=1S/C12H15NO2/c1-3-13(2)11-7-5-4-6-10(11)8-9-12(14)15/h4-9H,3H2,1-2H3,(H,14,15)/b9-8+. The molecule has 3 heteroatoms. The van der Waals surface area contributed by atoms with E-state index in [9.17, 15) is 4.79 Å². The second-order valence-electron chi connectivity index (χ2n) is 3.24. The van der Waals surface area contributed by atoms with Crippen LogP contribution in [-0.2, 0) is 4.79 Å². The average Bonchev–Trinajstić information content (AvgIpc) is 2.25. The Labute approximate surface area is 89.6 Å². The van der Waals surface area contributed by atoms with Crippen LogP contribution in [0.5, 0.6) is 0 Å². The Balaban J connectivity index is 3.01. The molecule has 0 aromatic heterocycles. The number of para-hydroxylation sites is 1. The van der Waals surface area contributed by atoms with Gasteiger partial charge < -0.3 is 10.0 Å². The van der Waals surface area contributed by atoms with Gasteiger partial charge in [-0.15, -0.1) is 0 Å². The second kappa shape index (κ2) is 5.20. The number of hydrogen-bond acceptors (Lipinski definition) is 2. The smallest absolute Gasteiger partial charge is 0.328 e. The van der Waals surface area contributed by atoms with Gasteiger partial charge in [0.05, 0.1) is 0 Å². The summed E-state index contributed by atoms with van der Waals surface area (Å²) in [5.41, 5.74) is 1.96. The lowest BCUT2D eigenvalue weighted by molar-refractivity contribution is -0.131. The second-order valence-corrected chi connectivity index (χ2v) is 3.24. The Bertz CT molecular complexity index is 372. The van der Waals surface area contributed by atoms with Gasteiger partial charge in [-0.1, -0.05) is 18.2 Å². The van der Waals surface area contributed by atoms with E-state index in [1.165, 1.54) is 0 Å². The fraction of sp³-hybridized carbons (Fsp3) is 0.250. The van der Waals surface area contributed by atoms with Crippen LogP contribution >= 0.6 is 0 Å². The highest BCUT2D eigenvalue weighted by atomic mass is 16.4. The van der Waals surface area contributed by atoms with E-state index in [0.29, 0.717) is 0 Å². The number of aliphatic carboxylic acids is 1. The summed E-state index contributed by atoms with van der Waals surface area (Å²) in [7, 11) is 1.98. The Morgan fingerprint density at radius 1 is 1.47 bits per heavy atom. The molecule has 0 atom stereocenters. The molecule has 0 aliphatic rings. The number of hydrogen-bond donors (Lipinski definition) is 1. The minimum Gasteiger partial charge on any atom is -0.478 e. The van der Waals surface area contributed by atoms with Gasteiger partial charge in [0.25, 0.3) is 0 Å². The van der Waals surface area contributed by atoms with Crippen molar-refractivity contribution < 1.29 is 9.90 Å². The molecular formula is C12H15NO2. The summed E-state index contributed by atoms with van der Waals surface area (Å²) < 4.78 is 0. The van der Waals surface area contributed by atoms with Crippen molar-refractivity contribution in [2.45, 2.75) is 6.92 Å². The van der Waals surface area contributed by atoms with Crippen LogP contribution in [0.15, 0.2) is 30.3 Å². The van der Waals surface area contributed by atoms with Crippen LogP contribution in [0.25, 0.3) is 6.08 Å². The summed E-state index contributed by atoms with van der Waals surface area (Å²) in [6.07, 6.45) is 2.77. The first kappa shape index (κ1) is 11.3. The Morgan fingerprint density at radius 3 is 2.73 bits per heavy atom. The molecule has 1 rings (SSSR count). The molecule has 0 unspecified atom stereocenters. The summed E-state index contributed by atoms with van der Waals surface area (Å²) >= 11 is 0. The van der Waals surface area contributed by atoms with Gasteiger partial charge in [-0.2, -0.15) is 0 Å². The van der Waals surface area contributed by atoms with Crippen molar-refractivity contribution in [2.24, 2.45) is 0 Å². The minimum atomic E-state index is -0.927. The number of nitrogens with zero attached hydrogens (tertiary/aromatic N) is 1. The average molecular weight is 205 g/mol. The highest BCUT2D eigenvalue weighted by molar-refractivity contribution is 5.86. The maximum Gasteiger partial charge on any atom is 0.328 e. The van der Waals surface area contributed by atoms with Gasteiger partial charge in [0.15, 0.2) is 0 Å². The van der Waals surface area contributed by atoms with Gasteiger partial charge in [0.1, 0.15) is 0 Å². The molecule has 0 heterocycles. The molecule has 15 heavy (non-hydrogen) atoms. The van der Waals surface area contributed by atoms with Crippen LogP contribution in [0.4, 0.5) is 5.69 Å². The highest BCUT2D eigenvalue weighted by Crippen LogP contribution is 2.20. The fourth-order valence-electron chi connectivity index (χ4n) is 1.31. The van der Waals surface area contributed by atoms with Gasteiger partial charge >= 0.3 is 5.97 Å². The normalized spacial score (nSPS) is 10.5. The van der Waals surface area contributed by atoms with E-state index < -0.39 is 5.97 Å². The summed E-state index contributed by atoms with van der Waals surface area (Å²) in [5, 5.41) is 8.56. The van der Waals surface area contributed by atoms with Crippen LogP contribution in [0.2, 0.25) is 0 Å². The van der Waals surface area contributed by atoms with Crippen molar-refractivity contribution in [1.29, 1.82) is 0 Å². The zero-order valence-electron chi connectivity index (χ0n) is 8.97. The van der Waals surface area contributed by atoms with Crippen LogP contribution < -0.4 is 4.90 Å². The molecule has 0 radical (unpaired) electrons. The molecule has 0 aliphatic heterocycles. The molecule has 0 saturated carbocycles. The van der Waals surface area contributed by atoms with E-state index in [1.54, 1.807) is 6.08 Å². The van der Waals surface area contributed by atoms with Crippen molar-refractivity contribution in [3.63, 3.8) is 0 Å². The Hall–Kier alpha value is -1.77. The molecule has 3 nitrogen and oxygen atoms in total. The lowest BCUT2D eigenvalue weighted by Crippen LogP contribution is -2.16. The van der Waals surface area contributed by atoms with Gasteiger partial charge in [0, 0.05) is 25.4 Å². The number of carboxylic acid groups (broad SMARTS) is 1. The lowest BCUT2D eigenvalue weighted by atomic mass is 10.1. The molecule has 1 aromatic carbocycles. The molecule has 0 fully saturated rings. The lowest BCUT2D eigenvalue weighted by Gasteiger charge is -2.19. The quantitative estimate of drug-likeness (QED) is 0.766. The SMILES string of the molecule is CCN(C)c1ccccc1/C=C/C(=O)O. The van der Waals surface area contributed by atoms with Gasteiger partial charge in [0.2, 0.25) is 0 Å². The number of rotatable bonds is 4. The number of carboxylic acids is 1. The first-order chi connectivity index (χ1) is 7.15. The number of carbonyl (C=O) groups is 1. The fourth-order valence-corrected chi connectivity index (χ4v) is 1.31. The third-order valence-electron chi connectivity index (χ3n) is 2.23. The third-order valence-corrected chi connectivity index (χ3v) is 2.23. The number of benzene rings is 1. The van der Waals surface area contributed by atoms with E-state index in [1.807, 2.05) is 31.3 Å². The highest BCUT2D eigenvalue weighted by Gasteiger charge is 2.02. The summed E-state index contributed by atoms with van der Waals surface area (Å²) in [6.45, 7) is 2.94. The van der Waals surface area contributed by atoms with E-state index in [-0.39, 0.29) is 0 Å². The van der Waals surface area contributed by atoms with E-state index >= 15 is 0 Å². The zero-order chi connectivity index (χ0) is 11.3. The van der Waals surface area contributed by atoms with Crippen LogP contribution in [0.1, 0.15) is 12.5 Å². The van der Waals surface area contributed by atoms with Crippen molar-refractivity contribution in [3.05, 3.63) is 35.9 Å². The van der Waals surface area contributed by atoms with Crippen LogP contribution in [0.3, 0.4) is 0 Å². The predicted octanol–water partition coefficient (Wildman–Crippen LogP) is 2.24. The minimum absolute atomic E-state index is 0.887. The van der Waals surface area contributed by atoms with Gasteiger partial charge in [-0.3, -0.25) is 0 Å². The molecular weight excluding hydrogens is 190 g/mol. The zero-order valence-corrected chi connectivity index (χ0v) is 8.97. The van der Waals surface area contributed by atoms with Crippen molar-refractivity contribution in [1.82, 2.24) is 0 Å². The molecule has 1 N–H and O–H groups in total. The third kappa shape index (κ3) is 3.13. The molecule has 0 saturated heterocycles. The van der Waals surface area contributed by atoms with Crippen LogP contribution in [-0.4, -0.2) is 24.7 Å². The molecule has 0 amide bonds. The first-order valence-electron chi connectivity index (χ1n) is 4.86. The molecule has 0 aliphatic carbocycles. The van der Waals surface area contributed by atoms with E-state index in [0.717, 1.165) is 23.9 Å². The largest absolute Gasteiger partial charge is 0.478 e. The first-order valence-corrected chi connectivity index (χ1v) is 4.86. The molecule has 1 aromatic rings. The number of anilines is 1. The van der Waals surface area contributed by atoms with Crippen LogP contribution in [0, 0.1) is 0 Å². The Morgan fingerprint density at radius 2 is 2.13 bits per heavy atom. The summed E-state index contributed by atoms with van der Waals surface area (Å²) in [5.74, 6) is -0.927. The maximum atomic E-state index is 10.4. The molecule has 0 bridgehead atoms. The van der Waals surface area contributed by atoms with E-state index in [4.69, 9.17) is 5.11 Å². The summed E-state index contributed by atoms with van der Waals surface area (Å²) in [6, 6.07) is 7.72. The molecule has 0 spiro atoms. The van der Waals surface area contributed by atoms with Crippen molar-refractivity contribution in [2.75, 3.05) is 18.5 Å². The monoisotopic (exact) mass is 205 g/mol.